The van der Waals surface area contributed by atoms with Crippen molar-refractivity contribution < 1.29 is 88.7 Å². The van der Waals surface area contributed by atoms with E-state index in [2.05, 4.69) is 9.47 Å². The zero-order chi connectivity index (χ0) is 27.0. The molecule has 0 saturated carbocycles. The summed E-state index contributed by atoms with van der Waals surface area (Å²) in [5.41, 5.74) is -6.65. The number of aliphatic hydroxyl groups excluding tert-OH is 2. The lowest BCUT2D eigenvalue weighted by atomic mass is 9.94. The SMILES string of the molecule is N.N.N.N.O=C(O)CC(CC(=O)O)(OC(=O)C(O)C(O)C(=O)OC(CC(=O)O)(CC(=O)O)C(=O)O)C(=O)O. The molecule has 0 fully saturated rings. The molecule has 22 nitrogen and oxygen atoms in total. The zero-order valence-corrected chi connectivity index (χ0v) is 19.5. The van der Waals surface area contributed by atoms with Gasteiger partial charge in [0.25, 0.3) is 0 Å². The molecule has 0 aromatic heterocycles. The normalized spacial score (nSPS) is 11.7. The lowest BCUT2D eigenvalue weighted by molar-refractivity contribution is -0.202. The molecule has 0 aromatic carbocycles. The Labute approximate surface area is 211 Å². The van der Waals surface area contributed by atoms with E-state index in [1.807, 2.05) is 0 Å². The van der Waals surface area contributed by atoms with Crippen LogP contribution in [-0.4, -0.2) is 112 Å². The number of rotatable bonds is 15. The van der Waals surface area contributed by atoms with Crippen molar-refractivity contribution in [2.75, 3.05) is 0 Å². The molecule has 0 bridgehead atoms. The quantitative estimate of drug-likeness (QED) is 0.0877. The molecule has 222 valence electrons. The van der Waals surface area contributed by atoms with Crippen LogP contribution in [0.4, 0.5) is 0 Å². The molecular weight excluding hydrogens is 536 g/mol. The molecule has 20 N–H and O–H groups in total. The van der Waals surface area contributed by atoms with Crippen molar-refractivity contribution in [3.05, 3.63) is 0 Å². The summed E-state index contributed by atoms with van der Waals surface area (Å²) in [6.07, 6.45) is -12.9. The Morgan fingerprint density at radius 3 is 0.789 bits per heavy atom. The molecule has 0 aliphatic carbocycles. The van der Waals surface area contributed by atoms with Crippen LogP contribution in [0.15, 0.2) is 0 Å². The Morgan fingerprint density at radius 2 is 0.658 bits per heavy atom. The Morgan fingerprint density at radius 1 is 0.474 bits per heavy atom. The van der Waals surface area contributed by atoms with Gasteiger partial charge in [-0.25, -0.2) is 19.2 Å². The highest BCUT2D eigenvalue weighted by Gasteiger charge is 2.51. The van der Waals surface area contributed by atoms with Crippen molar-refractivity contribution >= 4 is 47.8 Å². The molecule has 0 heterocycles. The molecule has 2 atom stereocenters. The largest absolute Gasteiger partial charge is 0.481 e. The van der Waals surface area contributed by atoms with Crippen LogP contribution < -0.4 is 24.6 Å². The maximum Gasteiger partial charge on any atom is 0.349 e. The number of esters is 2. The average molecular weight is 566 g/mol. The smallest absolute Gasteiger partial charge is 0.349 e. The van der Waals surface area contributed by atoms with Gasteiger partial charge in [0.2, 0.25) is 11.2 Å². The average Bonchev–Trinajstić information content (AvgIpc) is 2.63. The van der Waals surface area contributed by atoms with Gasteiger partial charge in [0, 0.05) is 0 Å². The summed E-state index contributed by atoms with van der Waals surface area (Å²) in [4.78, 5) is 90.5. The van der Waals surface area contributed by atoms with Gasteiger partial charge in [-0.3, -0.25) is 19.2 Å². The minimum Gasteiger partial charge on any atom is -0.481 e. The molecule has 0 radical (unpaired) electrons. The van der Waals surface area contributed by atoms with Crippen LogP contribution in [-0.2, 0) is 47.8 Å². The van der Waals surface area contributed by atoms with E-state index in [0.717, 1.165) is 0 Å². The molecule has 0 saturated heterocycles. The van der Waals surface area contributed by atoms with Gasteiger partial charge < -0.3 is 74.9 Å². The maximum atomic E-state index is 12.0. The number of ether oxygens (including phenoxy) is 2. The highest BCUT2D eigenvalue weighted by Crippen LogP contribution is 2.26. The van der Waals surface area contributed by atoms with Crippen molar-refractivity contribution in [3.63, 3.8) is 0 Å². The standard InChI is InChI=1S/C16H18O18.4H3N/c17-5(18)1-15(13(29)30,2-6(19)20)33-11(27)9(25)10(26)12(28)34-16(14(31)32,3-7(21)22)4-8(23)24;;;;/h9-10,25-26H,1-4H2,(H,17,18)(H,19,20)(H,21,22)(H,23,24)(H,29,30)(H,31,32);4*1H3. The number of aliphatic carboxylic acids is 6. The van der Waals surface area contributed by atoms with Crippen LogP contribution in [0.25, 0.3) is 0 Å². The number of aliphatic hydroxyl groups is 2. The monoisotopic (exact) mass is 566 g/mol. The fourth-order valence-electron chi connectivity index (χ4n) is 2.40. The van der Waals surface area contributed by atoms with Crippen LogP contribution in [0.2, 0.25) is 0 Å². The van der Waals surface area contributed by atoms with E-state index in [4.69, 9.17) is 30.6 Å². The Bertz CT molecular complexity index is 801. The van der Waals surface area contributed by atoms with Crippen LogP contribution in [0.3, 0.4) is 0 Å². The first kappa shape index (κ1) is 43.6. The summed E-state index contributed by atoms with van der Waals surface area (Å²) in [7, 11) is 0. The highest BCUT2D eigenvalue weighted by atomic mass is 16.6. The molecule has 0 amide bonds. The predicted octanol–water partition coefficient (Wildman–Crippen LogP) is -3.01. The second-order valence-corrected chi connectivity index (χ2v) is 6.61. The molecule has 0 aliphatic heterocycles. The van der Waals surface area contributed by atoms with Crippen molar-refractivity contribution in [2.24, 2.45) is 0 Å². The fraction of sp³-hybridized carbons (Fsp3) is 0.500. The minimum absolute atomic E-state index is 0. The van der Waals surface area contributed by atoms with Gasteiger partial charge in [-0.2, -0.15) is 0 Å². The molecule has 0 aromatic rings. The van der Waals surface area contributed by atoms with E-state index < -0.39 is 96.8 Å². The molecule has 0 rings (SSSR count). The first-order valence-electron chi connectivity index (χ1n) is 8.55. The predicted molar refractivity (Wildman–Crippen MR) is 114 cm³/mol. The Balaban J connectivity index is -0.000000907. The second kappa shape index (κ2) is 17.1. The highest BCUT2D eigenvalue weighted by molar-refractivity contribution is 5.94. The summed E-state index contributed by atoms with van der Waals surface area (Å²) in [6, 6.07) is 0. The van der Waals surface area contributed by atoms with Gasteiger partial charge in [0.1, 0.15) is 0 Å². The van der Waals surface area contributed by atoms with E-state index in [-0.39, 0.29) is 24.6 Å². The van der Waals surface area contributed by atoms with Crippen LogP contribution in [0, 0.1) is 0 Å². The van der Waals surface area contributed by atoms with E-state index in [1.165, 1.54) is 0 Å². The van der Waals surface area contributed by atoms with Gasteiger partial charge in [0.15, 0.2) is 12.2 Å². The van der Waals surface area contributed by atoms with Gasteiger partial charge in [0.05, 0.1) is 25.7 Å². The van der Waals surface area contributed by atoms with Gasteiger partial charge in [-0.1, -0.05) is 0 Å². The maximum absolute atomic E-state index is 12.0. The molecule has 2 unspecified atom stereocenters. The molecular formula is C16H30N4O18. The zero-order valence-electron chi connectivity index (χ0n) is 19.5. The summed E-state index contributed by atoms with van der Waals surface area (Å²) in [6.45, 7) is 0. The molecule has 38 heavy (non-hydrogen) atoms. The van der Waals surface area contributed by atoms with Gasteiger partial charge >= 0.3 is 47.8 Å². The summed E-state index contributed by atoms with van der Waals surface area (Å²) in [5.74, 6) is -17.0. The van der Waals surface area contributed by atoms with Crippen LogP contribution in [0.1, 0.15) is 25.7 Å². The lowest BCUT2D eigenvalue weighted by Gasteiger charge is -2.29. The number of hydrogen-bond acceptors (Lipinski definition) is 16. The lowest BCUT2D eigenvalue weighted by Crippen LogP contribution is -2.53. The van der Waals surface area contributed by atoms with Crippen LogP contribution in [0.5, 0.6) is 0 Å². The molecule has 22 heteroatoms. The van der Waals surface area contributed by atoms with Gasteiger partial charge in [-0.15, -0.1) is 0 Å². The molecule has 0 aliphatic rings. The number of carboxylic acids is 6. The third-order valence-corrected chi connectivity index (χ3v) is 3.90. The minimum atomic E-state index is -3.32. The van der Waals surface area contributed by atoms with Crippen molar-refractivity contribution in [3.8, 4) is 0 Å². The summed E-state index contributed by atoms with van der Waals surface area (Å²) >= 11 is 0. The van der Waals surface area contributed by atoms with Gasteiger partial charge in [-0.05, 0) is 0 Å². The number of carbonyl (C=O) groups excluding carboxylic acids is 2. The molecule has 0 spiro atoms. The fourth-order valence-corrected chi connectivity index (χ4v) is 2.40. The van der Waals surface area contributed by atoms with E-state index in [1.54, 1.807) is 0 Å². The van der Waals surface area contributed by atoms with E-state index >= 15 is 0 Å². The summed E-state index contributed by atoms with van der Waals surface area (Å²) < 4.78 is 8.48. The first-order valence-corrected chi connectivity index (χ1v) is 8.55. The first-order chi connectivity index (χ1) is 15.4. The van der Waals surface area contributed by atoms with Crippen molar-refractivity contribution in [1.29, 1.82) is 0 Å². The Kier molecular flexibility index (Phi) is 19.6. The number of carboxylic acid groups (broad SMARTS) is 6. The number of hydrogen-bond donors (Lipinski definition) is 12. The van der Waals surface area contributed by atoms with E-state index in [0.29, 0.717) is 0 Å². The van der Waals surface area contributed by atoms with E-state index in [9.17, 15) is 48.6 Å². The number of carbonyl (C=O) groups is 8. The second-order valence-electron chi connectivity index (χ2n) is 6.61. The third-order valence-electron chi connectivity index (χ3n) is 3.90. The van der Waals surface area contributed by atoms with Crippen molar-refractivity contribution in [1.82, 2.24) is 24.6 Å². The van der Waals surface area contributed by atoms with Crippen LogP contribution >= 0.6 is 0 Å². The summed E-state index contributed by atoms with van der Waals surface area (Å²) in [5, 5.41) is 73.1. The Hall–Kier alpha value is -4.48. The third kappa shape index (κ3) is 12.0. The topological polar surface area (TPSA) is 457 Å². The van der Waals surface area contributed by atoms with Crippen molar-refractivity contribution in [2.45, 2.75) is 49.1 Å².